The van der Waals surface area contributed by atoms with Crippen LogP contribution in [-0.2, 0) is 5.75 Å². The third kappa shape index (κ3) is 5.74. The standard InChI is InChI=1S/C25H24ClN5OS/c1-17-13-14-20(26)15-22(17)31-23(18(2)27-24(32)28-21-11-7-4-8-12-21)29-30-25(31)33-16-19-9-5-3-6-10-19/h3-15,18H,16H2,1-2H3,(H2,27,28,32). The van der Waals surface area contributed by atoms with E-state index in [0.717, 1.165) is 22.2 Å². The Morgan fingerprint density at radius 2 is 1.73 bits per heavy atom. The van der Waals surface area contributed by atoms with Gasteiger partial charge in [-0.3, -0.25) is 4.57 Å². The summed E-state index contributed by atoms with van der Waals surface area (Å²) in [4.78, 5) is 12.6. The van der Waals surface area contributed by atoms with Crippen molar-refractivity contribution in [3.8, 4) is 5.69 Å². The third-order valence-corrected chi connectivity index (χ3v) is 6.28. The van der Waals surface area contributed by atoms with Crippen molar-refractivity contribution >= 4 is 35.1 Å². The summed E-state index contributed by atoms with van der Waals surface area (Å²) in [6, 6.07) is 24.5. The van der Waals surface area contributed by atoms with E-state index in [2.05, 4.69) is 33.0 Å². The van der Waals surface area contributed by atoms with Crippen LogP contribution in [0.4, 0.5) is 10.5 Å². The van der Waals surface area contributed by atoms with Crippen molar-refractivity contribution in [2.24, 2.45) is 0 Å². The summed E-state index contributed by atoms with van der Waals surface area (Å²) in [5, 5.41) is 16.1. The van der Waals surface area contributed by atoms with Gasteiger partial charge in [0, 0.05) is 16.5 Å². The Morgan fingerprint density at radius 1 is 1.03 bits per heavy atom. The van der Waals surface area contributed by atoms with Crippen molar-refractivity contribution < 1.29 is 4.79 Å². The van der Waals surface area contributed by atoms with Gasteiger partial charge in [0.1, 0.15) is 0 Å². The van der Waals surface area contributed by atoms with Gasteiger partial charge in [0.15, 0.2) is 11.0 Å². The van der Waals surface area contributed by atoms with Gasteiger partial charge in [0.25, 0.3) is 0 Å². The summed E-state index contributed by atoms with van der Waals surface area (Å²) >= 11 is 7.91. The Labute approximate surface area is 202 Å². The zero-order chi connectivity index (χ0) is 23.2. The molecule has 0 aliphatic carbocycles. The molecule has 4 rings (SSSR count). The minimum atomic E-state index is -0.398. The fourth-order valence-corrected chi connectivity index (χ4v) is 4.45. The summed E-state index contributed by atoms with van der Waals surface area (Å²) in [6.07, 6.45) is 0. The first-order chi connectivity index (χ1) is 16.0. The summed E-state index contributed by atoms with van der Waals surface area (Å²) in [7, 11) is 0. The second-order valence-electron chi connectivity index (χ2n) is 7.57. The molecule has 6 nitrogen and oxygen atoms in total. The molecule has 0 fully saturated rings. The number of rotatable bonds is 7. The Morgan fingerprint density at radius 3 is 2.45 bits per heavy atom. The smallest absolute Gasteiger partial charge is 0.319 e. The van der Waals surface area contributed by atoms with Gasteiger partial charge in [-0.25, -0.2) is 4.79 Å². The molecule has 3 aromatic carbocycles. The molecule has 0 saturated heterocycles. The molecule has 0 aliphatic rings. The number of amides is 2. The van der Waals surface area contributed by atoms with E-state index in [4.69, 9.17) is 11.6 Å². The van der Waals surface area contributed by atoms with E-state index in [0.29, 0.717) is 16.5 Å². The first-order valence-electron chi connectivity index (χ1n) is 10.5. The Hall–Kier alpha value is -3.29. The molecule has 1 unspecified atom stereocenters. The molecular formula is C25H24ClN5OS. The molecule has 2 N–H and O–H groups in total. The Bertz CT molecular complexity index is 1230. The lowest BCUT2D eigenvalue weighted by Crippen LogP contribution is -2.32. The maximum atomic E-state index is 12.6. The molecule has 33 heavy (non-hydrogen) atoms. The molecule has 0 aliphatic heterocycles. The SMILES string of the molecule is Cc1ccc(Cl)cc1-n1c(SCc2ccccc2)nnc1C(C)NC(=O)Nc1ccccc1. The van der Waals surface area contributed by atoms with Crippen LogP contribution in [0.1, 0.15) is 29.9 Å². The van der Waals surface area contributed by atoms with Crippen molar-refractivity contribution in [1.29, 1.82) is 0 Å². The molecule has 0 saturated carbocycles. The average Bonchev–Trinajstić information content (AvgIpc) is 3.24. The second-order valence-corrected chi connectivity index (χ2v) is 8.95. The maximum absolute atomic E-state index is 12.6. The number of carbonyl (C=O) groups excluding carboxylic acids is 1. The number of nitrogens with zero attached hydrogens (tertiary/aromatic N) is 3. The van der Waals surface area contributed by atoms with E-state index in [9.17, 15) is 4.79 Å². The largest absolute Gasteiger partial charge is 0.328 e. The number of hydrogen-bond acceptors (Lipinski definition) is 4. The Kier molecular flexibility index (Phi) is 7.32. The highest BCUT2D eigenvalue weighted by Crippen LogP contribution is 2.30. The summed E-state index contributed by atoms with van der Waals surface area (Å²) in [6.45, 7) is 3.90. The number of thioether (sulfide) groups is 1. The lowest BCUT2D eigenvalue weighted by molar-refractivity contribution is 0.249. The highest BCUT2D eigenvalue weighted by atomic mass is 35.5. The fourth-order valence-electron chi connectivity index (χ4n) is 3.38. The van der Waals surface area contributed by atoms with Gasteiger partial charge in [0.05, 0.1) is 11.7 Å². The number of para-hydroxylation sites is 1. The monoisotopic (exact) mass is 477 g/mol. The average molecular weight is 478 g/mol. The van der Waals surface area contributed by atoms with Gasteiger partial charge >= 0.3 is 6.03 Å². The molecular weight excluding hydrogens is 454 g/mol. The van der Waals surface area contributed by atoms with E-state index in [1.54, 1.807) is 11.8 Å². The van der Waals surface area contributed by atoms with E-state index in [1.165, 1.54) is 5.56 Å². The van der Waals surface area contributed by atoms with Crippen molar-refractivity contribution in [3.63, 3.8) is 0 Å². The number of aromatic nitrogens is 3. The van der Waals surface area contributed by atoms with Gasteiger partial charge in [-0.1, -0.05) is 78.0 Å². The van der Waals surface area contributed by atoms with Crippen molar-refractivity contribution in [2.75, 3.05) is 5.32 Å². The molecule has 1 aromatic heterocycles. The van der Waals surface area contributed by atoms with Crippen LogP contribution < -0.4 is 10.6 Å². The molecule has 0 radical (unpaired) electrons. The van der Waals surface area contributed by atoms with E-state index >= 15 is 0 Å². The van der Waals surface area contributed by atoms with Crippen LogP contribution in [0.25, 0.3) is 5.69 Å². The molecule has 0 bridgehead atoms. The summed E-state index contributed by atoms with van der Waals surface area (Å²) < 4.78 is 1.97. The number of benzene rings is 3. The lowest BCUT2D eigenvalue weighted by Gasteiger charge is -2.18. The van der Waals surface area contributed by atoms with Crippen LogP contribution in [0.15, 0.2) is 84.0 Å². The number of anilines is 1. The first kappa shape index (κ1) is 22.9. The van der Waals surface area contributed by atoms with Gasteiger partial charge in [-0.05, 0) is 49.2 Å². The van der Waals surface area contributed by atoms with Crippen LogP contribution in [-0.4, -0.2) is 20.8 Å². The van der Waals surface area contributed by atoms with E-state index < -0.39 is 6.04 Å². The van der Waals surface area contributed by atoms with Crippen LogP contribution in [0.3, 0.4) is 0 Å². The number of aryl methyl sites for hydroxylation is 1. The van der Waals surface area contributed by atoms with Gasteiger partial charge < -0.3 is 10.6 Å². The number of nitrogens with one attached hydrogen (secondary N) is 2. The van der Waals surface area contributed by atoms with Crippen molar-refractivity contribution in [2.45, 2.75) is 30.8 Å². The zero-order valence-electron chi connectivity index (χ0n) is 18.3. The number of hydrogen-bond donors (Lipinski definition) is 2. The van der Waals surface area contributed by atoms with Crippen LogP contribution in [0, 0.1) is 6.92 Å². The lowest BCUT2D eigenvalue weighted by atomic mass is 10.2. The predicted octanol–water partition coefficient (Wildman–Crippen LogP) is 6.40. The van der Waals surface area contributed by atoms with E-state index in [1.807, 2.05) is 85.1 Å². The fraction of sp³-hybridized carbons (Fsp3) is 0.160. The topological polar surface area (TPSA) is 71.8 Å². The third-order valence-electron chi connectivity index (χ3n) is 5.05. The normalized spacial score (nSPS) is 11.7. The van der Waals surface area contributed by atoms with Gasteiger partial charge in [0.2, 0.25) is 0 Å². The molecule has 2 amide bonds. The molecule has 0 spiro atoms. The van der Waals surface area contributed by atoms with Crippen LogP contribution in [0.5, 0.6) is 0 Å². The van der Waals surface area contributed by atoms with Crippen LogP contribution >= 0.6 is 23.4 Å². The number of urea groups is 1. The number of halogens is 1. The molecule has 8 heteroatoms. The first-order valence-corrected chi connectivity index (χ1v) is 11.9. The highest BCUT2D eigenvalue weighted by Gasteiger charge is 2.22. The van der Waals surface area contributed by atoms with Gasteiger partial charge in [-0.15, -0.1) is 10.2 Å². The summed E-state index contributed by atoms with van der Waals surface area (Å²) in [5.41, 5.74) is 3.82. The second kappa shape index (κ2) is 10.6. The van der Waals surface area contributed by atoms with Gasteiger partial charge in [-0.2, -0.15) is 0 Å². The maximum Gasteiger partial charge on any atom is 0.319 e. The number of carbonyl (C=O) groups is 1. The highest BCUT2D eigenvalue weighted by molar-refractivity contribution is 7.98. The Balaban J connectivity index is 1.62. The molecule has 1 atom stereocenters. The summed E-state index contributed by atoms with van der Waals surface area (Å²) in [5.74, 6) is 1.37. The zero-order valence-corrected chi connectivity index (χ0v) is 19.9. The van der Waals surface area contributed by atoms with Crippen LogP contribution in [0.2, 0.25) is 5.02 Å². The quantitative estimate of drug-likeness (QED) is 0.302. The minimum absolute atomic E-state index is 0.315. The molecule has 168 valence electrons. The van der Waals surface area contributed by atoms with Crippen molar-refractivity contribution in [1.82, 2.24) is 20.1 Å². The minimum Gasteiger partial charge on any atom is -0.328 e. The van der Waals surface area contributed by atoms with Crippen molar-refractivity contribution in [3.05, 3.63) is 101 Å². The molecule has 1 heterocycles. The van der Waals surface area contributed by atoms with E-state index in [-0.39, 0.29) is 6.03 Å². The predicted molar refractivity (Wildman–Crippen MR) is 134 cm³/mol. The molecule has 4 aromatic rings.